The Kier molecular flexibility index (Phi) is 8.31. The molecule has 8 heteroatoms. The molecule has 2 unspecified atom stereocenters. The van der Waals surface area contributed by atoms with Crippen molar-refractivity contribution in [1.82, 2.24) is 0 Å². The second kappa shape index (κ2) is 11.5. The molecule has 38 heavy (non-hydrogen) atoms. The largest absolute Gasteiger partial charge is 0.505 e. The molecule has 0 bridgehead atoms. The smallest absolute Gasteiger partial charge is 0.200 e. The monoisotopic (exact) mass is 532 g/mol. The number of phenols is 1. The van der Waals surface area contributed by atoms with Gasteiger partial charge in [0, 0.05) is 27.8 Å². The van der Waals surface area contributed by atoms with Gasteiger partial charge in [-0.1, -0.05) is 55.8 Å². The van der Waals surface area contributed by atoms with Gasteiger partial charge in [-0.3, -0.25) is 0 Å². The van der Waals surface area contributed by atoms with Crippen LogP contribution in [0, 0.1) is 40.8 Å². The number of aliphatic hydroxyl groups is 1. The van der Waals surface area contributed by atoms with Crippen LogP contribution in [0.25, 0.3) is 22.8 Å². The molecule has 0 saturated carbocycles. The maximum absolute atomic E-state index is 14.9. The van der Waals surface area contributed by atoms with Crippen LogP contribution in [0.2, 0.25) is 0 Å². The standard InChI is InChI=1S/C30H26F6O2/c1-2-3-23(37)22-11-10-18(25(31)29(22)35)9-6-16-4-7-17(8-5-16)19-12-13-20(27(33)26(19)32)21-14-15-24(38)30(36)28(21)34/h6-7,9-16,23,37-38H,2-5,8H2,1H3/b9-6+. The van der Waals surface area contributed by atoms with Gasteiger partial charge in [0.15, 0.2) is 34.8 Å². The van der Waals surface area contributed by atoms with Crippen molar-refractivity contribution in [3.05, 3.63) is 100 Å². The molecule has 0 fully saturated rings. The van der Waals surface area contributed by atoms with E-state index in [0.717, 1.165) is 18.2 Å². The Labute approximate surface area is 216 Å². The Hall–Kier alpha value is -3.52. The van der Waals surface area contributed by atoms with E-state index in [1.54, 1.807) is 12.2 Å². The lowest BCUT2D eigenvalue weighted by atomic mass is 9.85. The van der Waals surface area contributed by atoms with Crippen molar-refractivity contribution < 1.29 is 36.6 Å². The summed E-state index contributed by atoms with van der Waals surface area (Å²) in [7, 11) is 0. The summed E-state index contributed by atoms with van der Waals surface area (Å²) in [5.41, 5.74) is -0.467. The normalized spacial score (nSPS) is 16.6. The summed E-state index contributed by atoms with van der Waals surface area (Å²) >= 11 is 0. The van der Waals surface area contributed by atoms with E-state index in [9.17, 15) is 36.6 Å². The Balaban J connectivity index is 1.50. The molecule has 3 aromatic rings. The predicted octanol–water partition coefficient (Wildman–Crippen LogP) is 8.62. The fraction of sp³-hybridized carbons (Fsp3) is 0.267. The summed E-state index contributed by atoms with van der Waals surface area (Å²) < 4.78 is 86.6. The first-order chi connectivity index (χ1) is 18.1. The Morgan fingerprint density at radius 1 is 0.816 bits per heavy atom. The molecule has 0 heterocycles. The number of halogens is 6. The summed E-state index contributed by atoms with van der Waals surface area (Å²) in [5, 5.41) is 19.3. The van der Waals surface area contributed by atoms with Gasteiger partial charge in [0.05, 0.1) is 6.10 Å². The third-order valence-electron chi connectivity index (χ3n) is 6.84. The van der Waals surface area contributed by atoms with Crippen molar-refractivity contribution in [2.24, 2.45) is 5.92 Å². The number of benzene rings is 3. The van der Waals surface area contributed by atoms with Crippen LogP contribution in [-0.2, 0) is 0 Å². The first-order valence-electron chi connectivity index (χ1n) is 12.3. The molecule has 0 radical (unpaired) electrons. The van der Waals surface area contributed by atoms with Gasteiger partial charge in [0.1, 0.15) is 0 Å². The van der Waals surface area contributed by atoms with Crippen molar-refractivity contribution in [3.63, 3.8) is 0 Å². The molecule has 4 rings (SSSR count). The zero-order valence-corrected chi connectivity index (χ0v) is 20.5. The average Bonchev–Trinajstić information content (AvgIpc) is 2.91. The Bertz CT molecular complexity index is 1410. The maximum atomic E-state index is 14.9. The van der Waals surface area contributed by atoms with Gasteiger partial charge in [0.2, 0.25) is 5.82 Å². The van der Waals surface area contributed by atoms with E-state index in [2.05, 4.69) is 0 Å². The third kappa shape index (κ3) is 5.36. The molecule has 0 aromatic heterocycles. The highest BCUT2D eigenvalue weighted by Gasteiger charge is 2.23. The van der Waals surface area contributed by atoms with E-state index in [1.165, 1.54) is 24.3 Å². The molecule has 0 amide bonds. The molecular weight excluding hydrogens is 506 g/mol. The van der Waals surface area contributed by atoms with E-state index < -0.39 is 57.9 Å². The fourth-order valence-electron chi connectivity index (χ4n) is 4.66. The molecule has 2 N–H and O–H groups in total. The molecule has 3 aromatic carbocycles. The summed E-state index contributed by atoms with van der Waals surface area (Å²) in [5.74, 6) is -8.65. The summed E-state index contributed by atoms with van der Waals surface area (Å²) in [4.78, 5) is 0. The number of aromatic hydroxyl groups is 1. The van der Waals surface area contributed by atoms with Crippen molar-refractivity contribution in [1.29, 1.82) is 0 Å². The minimum atomic E-state index is -1.55. The number of phenolic OH excluding ortho intramolecular Hbond substituents is 1. The lowest BCUT2D eigenvalue weighted by molar-refractivity contribution is 0.160. The number of rotatable bonds is 7. The van der Waals surface area contributed by atoms with Crippen LogP contribution in [0.3, 0.4) is 0 Å². The topological polar surface area (TPSA) is 40.5 Å². The molecule has 0 aliphatic heterocycles. The lowest BCUT2D eigenvalue weighted by Crippen LogP contribution is -2.06. The van der Waals surface area contributed by atoms with E-state index in [0.29, 0.717) is 37.7 Å². The SMILES string of the molecule is CCCC(O)c1ccc(/C=C/C2CC=C(c3ccc(-c4ccc(O)c(F)c4F)c(F)c3F)CC2)c(F)c1F. The molecule has 2 atom stereocenters. The quantitative estimate of drug-likeness (QED) is 0.299. The molecule has 0 spiro atoms. The first kappa shape index (κ1) is 27.5. The summed E-state index contributed by atoms with van der Waals surface area (Å²) in [6.07, 6.45) is 6.18. The van der Waals surface area contributed by atoms with Crippen LogP contribution in [0.15, 0.2) is 48.6 Å². The van der Waals surface area contributed by atoms with Gasteiger partial charge in [-0.15, -0.1) is 0 Å². The van der Waals surface area contributed by atoms with E-state index in [-0.39, 0.29) is 22.6 Å². The molecule has 0 saturated heterocycles. The maximum Gasteiger partial charge on any atom is 0.200 e. The second-order valence-corrected chi connectivity index (χ2v) is 9.35. The molecule has 1 aliphatic carbocycles. The highest BCUT2D eigenvalue weighted by molar-refractivity contribution is 5.73. The van der Waals surface area contributed by atoms with Crippen LogP contribution in [0.5, 0.6) is 5.75 Å². The van der Waals surface area contributed by atoms with Crippen LogP contribution in [0.4, 0.5) is 26.3 Å². The summed E-state index contributed by atoms with van der Waals surface area (Å²) in [6.45, 7) is 1.83. The van der Waals surface area contributed by atoms with Gasteiger partial charge in [-0.2, -0.15) is 4.39 Å². The highest BCUT2D eigenvalue weighted by Crippen LogP contribution is 2.37. The van der Waals surface area contributed by atoms with Crippen LogP contribution >= 0.6 is 0 Å². The van der Waals surface area contributed by atoms with Crippen molar-refractivity contribution in [2.45, 2.75) is 45.1 Å². The minimum Gasteiger partial charge on any atom is -0.505 e. The van der Waals surface area contributed by atoms with Gasteiger partial charge in [0.25, 0.3) is 0 Å². The predicted molar refractivity (Wildman–Crippen MR) is 134 cm³/mol. The highest BCUT2D eigenvalue weighted by atomic mass is 19.2. The molecular formula is C30H26F6O2. The van der Waals surface area contributed by atoms with Crippen LogP contribution in [-0.4, -0.2) is 10.2 Å². The van der Waals surface area contributed by atoms with Gasteiger partial charge >= 0.3 is 0 Å². The van der Waals surface area contributed by atoms with E-state index >= 15 is 0 Å². The zero-order chi connectivity index (χ0) is 27.6. The molecule has 200 valence electrons. The molecule has 1 aliphatic rings. The van der Waals surface area contributed by atoms with Gasteiger partial charge < -0.3 is 10.2 Å². The number of allylic oxidation sites excluding steroid dienone is 3. The van der Waals surface area contributed by atoms with Gasteiger partial charge in [-0.25, -0.2) is 22.0 Å². The van der Waals surface area contributed by atoms with Crippen LogP contribution < -0.4 is 0 Å². The number of hydrogen-bond donors (Lipinski definition) is 2. The first-order valence-corrected chi connectivity index (χ1v) is 12.3. The van der Waals surface area contributed by atoms with Crippen molar-refractivity contribution >= 4 is 11.6 Å². The zero-order valence-electron chi connectivity index (χ0n) is 20.5. The second-order valence-electron chi connectivity index (χ2n) is 9.35. The summed E-state index contributed by atoms with van der Waals surface area (Å²) in [6, 6.07) is 7.07. The van der Waals surface area contributed by atoms with Crippen molar-refractivity contribution in [3.8, 4) is 16.9 Å². The van der Waals surface area contributed by atoms with E-state index in [1.807, 2.05) is 6.92 Å². The number of aliphatic hydroxyl groups excluding tert-OH is 1. The molecule has 2 nitrogen and oxygen atoms in total. The number of hydrogen-bond acceptors (Lipinski definition) is 2. The Morgan fingerprint density at radius 2 is 1.45 bits per heavy atom. The van der Waals surface area contributed by atoms with Crippen molar-refractivity contribution in [2.75, 3.05) is 0 Å². The third-order valence-corrected chi connectivity index (χ3v) is 6.84. The van der Waals surface area contributed by atoms with E-state index in [4.69, 9.17) is 0 Å². The van der Waals surface area contributed by atoms with Gasteiger partial charge in [-0.05, 0) is 49.3 Å². The van der Waals surface area contributed by atoms with Crippen LogP contribution in [0.1, 0.15) is 61.8 Å². The Morgan fingerprint density at radius 3 is 2.11 bits per heavy atom. The fourth-order valence-corrected chi connectivity index (χ4v) is 4.66. The lowest BCUT2D eigenvalue weighted by Gasteiger charge is -2.20. The average molecular weight is 533 g/mol. The minimum absolute atomic E-state index is 0.00248.